The molecule has 2 aliphatic rings. The Balaban J connectivity index is 1.39. The van der Waals surface area contributed by atoms with Crippen molar-refractivity contribution in [3.8, 4) is 0 Å². The monoisotopic (exact) mass is 445 g/mol. The lowest BCUT2D eigenvalue weighted by molar-refractivity contribution is -0.604. The number of sulfonamides is 1. The molecule has 1 aliphatic carbocycles. The summed E-state index contributed by atoms with van der Waals surface area (Å²) >= 11 is 0. The highest BCUT2D eigenvalue weighted by Gasteiger charge is 2.37. The molecule has 2 aromatic rings. The normalized spacial score (nSPS) is 26.8. The molecule has 0 amide bonds. The highest BCUT2D eigenvalue weighted by molar-refractivity contribution is 7.88. The van der Waals surface area contributed by atoms with Crippen molar-refractivity contribution in [1.82, 2.24) is 4.72 Å². The number of nitrogens with zero attached hydrogens (tertiary/aromatic N) is 2. The van der Waals surface area contributed by atoms with E-state index >= 15 is 0 Å². The minimum atomic E-state index is -3.33. The lowest BCUT2D eigenvalue weighted by atomic mass is 9.83. The van der Waals surface area contributed by atoms with Gasteiger partial charge in [-0.1, -0.05) is 30.3 Å². The Kier molecular flexibility index (Phi) is 6.79. The third-order valence-corrected chi connectivity index (χ3v) is 7.18. The summed E-state index contributed by atoms with van der Waals surface area (Å²) in [5, 5.41) is 11.8. The quantitative estimate of drug-likeness (QED) is 0.523. The largest absolute Gasteiger partial charge is 0.619 e. The van der Waals surface area contributed by atoms with Gasteiger partial charge in [0, 0.05) is 18.7 Å². The lowest BCUT2D eigenvalue weighted by Crippen LogP contribution is -2.48. The van der Waals surface area contributed by atoms with Crippen LogP contribution in [0.4, 0.5) is 5.69 Å². The summed E-state index contributed by atoms with van der Waals surface area (Å²) in [7, 11) is -3.33. The fourth-order valence-electron chi connectivity index (χ4n) is 4.93. The Labute approximate surface area is 184 Å². The molecule has 1 N–H and O–H groups in total. The van der Waals surface area contributed by atoms with Gasteiger partial charge in [-0.3, -0.25) is 0 Å². The van der Waals surface area contributed by atoms with E-state index in [2.05, 4.69) is 33.9 Å². The summed E-state index contributed by atoms with van der Waals surface area (Å²) in [4.78, 5) is 2.09. The van der Waals surface area contributed by atoms with Crippen molar-refractivity contribution >= 4 is 15.7 Å². The van der Waals surface area contributed by atoms with Gasteiger partial charge in [0.15, 0.2) is 6.20 Å². The van der Waals surface area contributed by atoms with Gasteiger partial charge in [0.05, 0.1) is 25.0 Å². The average molecular weight is 446 g/mol. The standard InChI is InChI=1S/C23H31N3O4S/c1-31(28,29)24-22-13-15-26(20-8-5-14-25(27)16-20)23(22)17-30-21-11-9-19(10-12-21)18-6-3-2-4-7-18/h2-8,14,16,19,21-24H,9-13,15,17H2,1H3/t19-,21+,22-,23-/m0/s1. The number of nitrogens with one attached hydrogen (secondary N) is 1. The molecule has 0 unspecified atom stereocenters. The first-order valence-corrected chi connectivity index (χ1v) is 12.9. The number of aromatic nitrogens is 1. The van der Waals surface area contributed by atoms with E-state index in [-0.39, 0.29) is 18.2 Å². The summed E-state index contributed by atoms with van der Waals surface area (Å²) in [5.41, 5.74) is 2.19. The van der Waals surface area contributed by atoms with Gasteiger partial charge in [-0.05, 0) is 49.7 Å². The second-order valence-electron chi connectivity index (χ2n) is 8.69. The number of rotatable bonds is 7. The van der Waals surface area contributed by atoms with Crippen LogP contribution in [-0.4, -0.2) is 46.0 Å². The van der Waals surface area contributed by atoms with Crippen LogP contribution in [0.5, 0.6) is 0 Å². The molecule has 1 aromatic carbocycles. The van der Waals surface area contributed by atoms with E-state index in [1.54, 1.807) is 6.07 Å². The first kappa shape index (κ1) is 22.0. The van der Waals surface area contributed by atoms with Crippen LogP contribution in [0.1, 0.15) is 43.6 Å². The number of pyridine rings is 1. The zero-order valence-corrected chi connectivity index (χ0v) is 18.7. The molecule has 31 heavy (non-hydrogen) atoms. The number of anilines is 1. The number of benzene rings is 1. The van der Waals surface area contributed by atoms with Crippen molar-refractivity contribution in [2.45, 2.75) is 56.2 Å². The lowest BCUT2D eigenvalue weighted by Gasteiger charge is -2.33. The molecule has 1 saturated heterocycles. The minimum absolute atomic E-state index is 0.149. The van der Waals surface area contributed by atoms with Crippen LogP contribution in [0.15, 0.2) is 54.9 Å². The summed E-state index contributed by atoms with van der Waals surface area (Å²) in [6.45, 7) is 1.10. The third-order valence-electron chi connectivity index (χ3n) is 6.45. The van der Waals surface area contributed by atoms with Crippen LogP contribution in [-0.2, 0) is 14.8 Å². The summed E-state index contributed by atoms with van der Waals surface area (Å²) in [6, 6.07) is 13.8. The van der Waals surface area contributed by atoms with Gasteiger partial charge in [-0.2, -0.15) is 4.73 Å². The molecule has 0 spiro atoms. The van der Waals surface area contributed by atoms with Crippen LogP contribution in [0, 0.1) is 5.21 Å². The van der Waals surface area contributed by atoms with Crippen molar-refractivity contribution in [2.75, 3.05) is 24.3 Å². The fraction of sp³-hybridized carbons (Fsp3) is 0.522. The number of ether oxygens (including phenoxy) is 1. The van der Waals surface area contributed by atoms with Crippen LogP contribution >= 0.6 is 0 Å². The van der Waals surface area contributed by atoms with E-state index in [1.165, 1.54) is 24.2 Å². The predicted molar refractivity (Wildman–Crippen MR) is 120 cm³/mol. The zero-order valence-electron chi connectivity index (χ0n) is 17.9. The van der Waals surface area contributed by atoms with Gasteiger partial charge in [0.1, 0.15) is 5.69 Å². The fourth-order valence-corrected chi connectivity index (χ4v) is 5.75. The van der Waals surface area contributed by atoms with Crippen molar-refractivity contribution in [1.29, 1.82) is 0 Å². The molecule has 0 bridgehead atoms. The van der Waals surface area contributed by atoms with Crippen molar-refractivity contribution in [3.63, 3.8) is 0 Å². The van der Waals surface area contributed by atoms with E-state index in [4.69, 9.17) is 4.74 Å². The van der Waals surface area contributed by atoms with Gasteiger partial charge in [-0.25, -0.2) is 13.1 Å². The smallest absolute Gasteiger partial charge is 0.209 e. The molecule has 1 aliphatic heterocycles. The first-order valence-electron chi connectivity index (χ1n) is 11.0. The van der Waals surface area contributed by atoms with Crippen LogP contribution in [0.2, 0.25) is 0 Å². The molecule has 7 nitrogen and oxygen atoms in total. The van der Waals surface area contributed by atoms with E-state index in [1.807, 2.05) is 12.1 Å². The average Bonchev–Trinajstić information content (AvgIpc) is 3.14. The summed E-state index contributed by atoms with van der Waals surface area (Å²) in [6.07, 6.45) is 9.23. The summed E-state index contributed by atoms with van der Waals surface area (Å²) < 4.78 is 33.6. The van der Waals surface area contributed by atoms with Gasteiger partial charge in [-0.15, -0.1) is 0 Å². The molecule has 2 atom stereocenters. The van der Waals surface area contributed by atoms with Crippen LogP contribution in [0.3, 0.4) is 0 Å². The second kappa shape index (κ2) is 9.54. The highest BCUT2D eigenvalue weighted by atomic mass is 32.2. The Morgan fingerprint density at radius 2 is 1.84 bits per heavy atom. The molecule has 1 saturated carbocycles. The first-order chi connectivity index (χ1) is 14.9. The van der Waals surface area contributed by atoms with Crippen molar-refractivity contribution < 1.29 is 17.9 Å². The molecule has 1 aromatic heterocycles. The maximum atomic E-state index is 11.9. The van der Waals surface area contributed by atoms with Crippen LogP contribution in [0.25, 0.3) is 0 Å². The van der Waals surface area contributed by atoms with E-state index in [0.29, 0.717) is 25.5 Å². The molecule has 2 fully saturated rings. The second-order valence-corrected chi connectivity index (χ2v) is 10.5. The van der Waals surface area contributed by atoms with Crippen molar-refractivity contribution in [2.24, 2.45) is 0 Å². The Hall–Kier alpha value is -2.16. The Morgan fingerprint density at radius 3 is 2.52 bits per heavy atom. The van der Waals surface area contributed by atoms with Crippen LogP contribution < -0.4 is 14.4 Å². The molecule has 168 valence electrons. The van der Waals surface area contributed by atoms with Gasteiger partial charge in [0.25, 0.3) is 0 Å². The molecule has 2 heterocycles. The minimum Gasteiger partial charge on any atom is -0.619 e. The topological polar surface area (TPSA) is 85.6 Å². The molecule has 4 rings (SSSR count). The van der Waals surface area contributed by atoms with Crippen molar-refractivity contribution in [3.05, 3.63) is 65.6 Å². The maximum absolute atomic E-state index is 11.9. The summed E-state index contributed by atoms with van der Waals surface area (Å²) in [5.74, 6) is 0.584. The molecule has 8 heteroatoms. The molecular weight excluding hydrogens is 414 g/mol. The van der Waals surface area contributed by atoms with E-state index in [0.717, 1.165) is 36.1 Å². The molecular formula is C23H31N3O4S. The van der Waals surface area contributed by atoms with Gasteiger partial charge in [0.2, 0.25) is 16.2 Å². The zero-order chi connectivity index (χ0) is 21.8. The Bertz CT molecular complexity index is 962. The SMILES string of the molecule is CS(=O)(=O)N[C@H]1CCN(c2ccc[n+]([O-])c2)[C@H]1CO[C@H]1CC[C@@H](c2ccccc2)CC1. The number of hydrogen-bond acceptors (Lipinski definition) is 5. The predicted octanol–water partition coefficient (Wildman–Crippen LogP) is 2.56. The van der Waals surface area contributed by atoms with E-state index < -0.39 is 10.0 Å². The van der Waals surface area contributed by atoms with Gasteiger partial charge < -0.3 is 14.8 Å². The maximum Gasteiger partial charge on any atom is 0.209 e. The number of hydrogen-bond donors (Lipinski definition) is 1. The van der Waals surface area contributed by atoms with E-state index in [9.17, 15) is 13.6 Å². The Morgan fingerprint density at radius 1 is 1.10 bits per heavy atom. The van der Waals surface area contributed by atoms with Gasteiger partial charge >= 0.3 is 0 Å². The third kappa shape index (κ3) is 5.75. The molecule has 0 radical (unpaired) electrons. The highest BCUT2D eigenvalue weighted by Crippen LogP contribution is 2.34.